The van der Waals surface area contributed by atoms with E-state index in [1.54, 1.807) is 0 Å². The maximum Gasteiger partial charge on any atom is 0.433 e. The average Bonchev–Trinajstić information content (AvgIpc) is 2.29. The number of aldehydes is 1. The molecule has 0 aromatic heterocycles. The zero-order chi connectivity index (χ0) is 11.1. The van der Waals surface area contributed by atoms with Gasteiger partial charge in [-0.3, -0.25) is 4.79 Å². The molecule has 4 nitrogen and oxygen atoms in total. The van der Waals surface area contributed by atoms with E-state index in [2.05, 4.69) is 9.73 Å². The molecule has 1 rings (SSSR count). The Morgan fingerprint density at radius 1 is 1.40 bits per heavy atom. The number of methoxy groups -OCH3 is 1. The fourth-order valence-electron chi connectivity index (χ4n) is 1.08. The lowest BCUT2D eigenvalue weighted by Gasteiger charge is -1.98. The minimum Gasteiger partial charge on any atom is -0.451 e. The average molecular weight is 205 g/mol. The van der Waals surface area contributed by atoms with E-state index >= 15 is 0 Å². The molecule has 0 atom stereocenters. The Hall–Kier alpha value is -1.97. The largest absolute Gasteiger partial charge is 0.451 e. The summed E-state index contributed by atoms with van der Waals surface area (Å²) in [5.74, 6) is 0. The van der Waals surface area contributed by atoms with Crippen LogP contribution in [0.5, 0.6) is 0 Å². The van der Waals surface area contributed by atoms with Crippen molar-refractivity contribution in [1.82, 2.24) is 0 Å². The van der Waals surface area contributed by atoms with Gasteiger partial charge in [0.15, 0.2) is 6.29 Å². The van der Waals surface area contributed by atoms with Gasteiger partial charge in [0, 0.05) is 6.42 Å². The van der Waals surface area contributed by atoms with Crippen molar-refractivity contribution in [2.45, 2.75) is 6.42 Å². The standard InChI is InChI=1S/C11H11NO3/c1-15-11(14)12-10(8-13)7-9-5-3-2-4-6-9/h2-6,8H,7H2,1H3. The third-order valence-corrected chi connectivity index (χ3v) is 1.77. The van der Waals surface area contributed by atoms with Gasteiger partial charge in [0.2, 0.25) is 0 Å². The summed E-state index contributed by atoms with van der Waals surface area (Å²) >= 11 is 0. The third kappa shape index (κ3) is 3.72. The summed E-state index contributed by atoms with van der Waals surface area (Å²) in [5.41, 5.74) is 1.08. The normalized spacial score (nSPS) is 10.9. The highest BCUT2D eigenvalue weighted by Crippen LogP contribution is 2.00. The van der Waals surface area contributed by atoms with Gasteiger partial charge < -0.3 is 4.74 Å². The Balaban J connectivity index is 2.74. The summed E-state index contributed by atoms with van der Waals surface area (Å²) in [6.45, 7) is 0. The van der Waals surface area contributed by atoms with Crippen LogP contribution >= 0.6 is 0 Å². The number of benzene rings is 1. The van der Waals surface area contributed by atoms with Crippen LogP contribution in [-0.4, -0.2) is 25.2 Å². The van der Waals surface area contributed by atoms with E-state index in [0.717, 1.165) is 5.56 Å². The number of ether oxygens (including phenoxy) is 1. The first-order chi connectivity index (χ1) is 7.26. The minimum atomic E-state index is -0.756. The molecule has 0 N–H and O–H groups in total. The van der Waals surface area contributed by atoms with Gasteiger partial charge in [-0.25, -0.2) is 4.79 Å². The number of rotatable bonds is 3. The monoisotopic (exact) mass is 205 g/mol. The number of nitrogens with zero attached hydrogens (tertiary/aromatic N) is 1. The topological polar surface area (TPSA) is 55.7 Å². The van der Waals surface area contributed by atoms with Gasteiger partial charge in [0.05, 0.1) is 12.8 Å². The zero-order valence-corrected chi connectivity index (χ0v) is 8.34. The quantitative estimate of drug-likeness (QED) is 0.556. The molecule has 0 unspecified atom stereocenters. The molecular formula is C11H11NO3. The lowest BCUT2D eigenvalue weighted by atomic mass is 10.1. The van der Waals surface area contributed by atoms with Gasteiger partial charge in [-0.05, 0) is 5.56 Å². The van der Waals surface area contributed by atoms with Crippen molar-refractivity contribution in [2.24, 2.45) is 4.99 Å². The summed E-state index contributed by atoms with van der Waals surface area (Å²) in [6, 6.07) is 9.31. The fourth-order valence-corrected chi connectivity index (χ4v) is 1.08. The Kier molecular flexibility index (Phi) is 4.22. The number of amides is 1. The second-order valence-electron chi connectivity index (χ2n) is 2.85. The van der Waals surface area contributed by atoms with Gasteiger partial charge in [-0.15, -0.1) is 0 Å². The SMILES string of the molecule is COC(=O)N=C(C=O)Cc1ccccc1. The van der Waals surface area contributed by atoms with Crippen LogP contribution in [0.4, 0.5) is 4.79 Å². The summed E-state index contributed by atoms with van der Waals surface area (Å²) in [7, 11) is 1.22. The van der Waals surface area contributed by atoms with E-state index in [-0.39, 0.29) is 5.71 Å². The van der Waals surface area contributed by atoms with Crippen LogP contribution in [0.2, 0.25) is 0 Å². The predicted octanol–water partition coefficient (Wildman–Crippen LogP) is 1.64. The molecule has 0 aliphatic rings. The molecule has 0 fully saturated rings. The highest BCUT2D eigenvalue weighted by Gasteiger charge is 2.03. The molecule has 1 amide bonds. The van der Waals surface area contributed by atoms with E-state index in [0.29, 0.717) is 12.7 Å². The zero-order valence-electron chi connectivity index (χ0n) is 8.34. The molecule has 0 saturated carbocycles. The van der Waals surface area contributed by atoms with Crippen LogP contribution in [0, 0.1) is 0 Å². The van der Waals surface area contributed by atoms with Gasteiger partial charge in [0.25, 0.3) is 0 Å². The Morgan fingerprint density at radius 3 is 2.60 bits per heavy atom. The van der Waals surface area contributed by atoms with Crippen molar-refractivity contribution in [2.75, 3.05) is 7.11 Å². The summed E-state index contributed by atoms with van der Waals surface area (Å²) in [6.07, 6.45) is 0.136. The first kappa shape index (κ1) is 11.1. The highest BCUT2D eigenvalue weighted by atomic mass is 16.5. The Morgan fingerprint density at radius 2 is 2.07 bits per heavy atom. The van der Waals surface area contributed by atoms with E-state index in [1.165, 1.54) is 7.11 Å². The lowest BCUT2D eigenvalue weighted by molar-refractivity contribution is -0.102. The number of carbonyl (C=O) groups excluding carboxylic acids is 2. The second-order valence-corrected chi connectivity index (χ2v) is 2.85. The van der Waals surface area contributed by atoms with Crippen LogP contribution in [0.15, 0.2) is 35.3 Å². The first-order valence-electron chi connectivity index (χ1n) is 4.41. The van der Waals surface area contributed by atoms with Gasteiger partial charge in [-0.2, -0.15) is 4.99 Å². The van der Waals surface area contributed by atoms with E-state index in [4.69, 9.17) is 0 Å². The summed E-state index contributed by atoms with van der Waals surface area (Å²) in [5, 5.41) is 0. The van der Waals surface area contributed by atoms with Crippen molar-refractivity contribution in [3.63, 3.8) is 0 Å². The second kappa shape index (κ2) is 5.70. The fraction of sp³-hybridized carbons (Fsp3) is 0.182. The van der Waals surface area contributed by atoms with Gasteiger partial charge >= 0.3 is 6.09 Å². The van der Waals surface area contributed by atoms with Crippen LogP contribution in [0.3, 0.4) is 0 Å². The lowest BCUT2D eigenvalue weighted by Crippen LogP contribution is -2.08. The molecule has 0 aliphatic heterocycles. The molecule has 4 heteroatoms. The van der Waals surface area contributed by atoms with Gasteiger partial charge in [-0.1, -0.05) is 30.3 Å². The number of hydrogen-bond donors (Lipinski definition) is 0. The van der Waals surface area contributed by atoms with Crippen molar-refractivity contribution in [1.29, 1.82) is 0 Å². The molecule has 0 aliphatic carbocycles. The molecule has 78 valence electrons. The van der Waals surface area contributed by atoms with Crippen molar-refractivity contribution < 1.29 is 14.3 Å². The molecule has 15 heavy (non-hydrogen) atoms. The number of aliphatic imine (C=N–C) groups is 1. The van der Waals surface area contributed by atoms with Crippen LogP contribution in [0.1, 0.15) is 5.56 Å². The van der Waals surface area contributed by atoms with E-state index in [9.17, 15) is 9.59 Å². The molecular weight excluding hydrogens is 194 g/mol. The molecule has 1 aromatic carbocycles. The minimum absolute atomic E-state index is 0.160. The third-order valence-electron chi connectivity index (χ3n) is 1.77. The smallest absolute Gasteiger partial charge is 0.433 e. The van der Waals surface area contributed by atoms with Crippen molar-refractivity contribution >= 4 is 18.1 Å². The molecule has 0 radical (unpaired) electrons. The molecule has 1 aromatic rings. The Bertz CT molecular complexity index is 371. The predicted molar refractivity (Wildman–Crippen MR) is 56.1 cm³/mol. The maximum absolute atomic E-state index is 10.8. The number of hydrogen-bond acceptors (Lipinski definition) is 3. The van der Waals surface area contributed by atoms with Crippen LogP contribution in [0.25, 0.3) is 0 Å². The maximum atomic E-state index is 10.8. The van der Waals surface area contributed by atoms with E-state index < -0.39 is 6.09 Å². The van der Waals surface area contributed by atoms with Crippen LogP contribution < -0.4 is 0 Å². The molecule has 0 saturated heterocycles. The molecule has 0 bridgehead atoms. The molecule has 0 spiro atoms. The highest BCUT2D eigenvalue weighted by molar-refractivity contribution is 6.30. The summed E-state index contributed by atoms with van der Waals surface area (Å²) in [4.78, 5) is 24.9. The Labute approximate surface area is 87.6 Å². The first-order valence-corrected chi connectivity index (χ1v) is 4.41. The van der Waals surface area contributed by atoms with Gasteiger partial charge in [0.1, 0.15) is 0 Å². The van der Waals surface area contributed by atoms with Crippen LogP contribution in [-0.2, 0) is 16.0 Å². The summed E-state index contributed by atoms with van der Waals surface area (Å²) < 4.78 is 4.33. The van der Waals surface area contributed by atoms with Crippen molar-refractivity contribution in [3.05, 3.63) is 35.9 Å². The van der Waals surface area contributed by atoms with Crippen molar-refractivity contribution in [3.8, 4) is 0 Å². The molecule has 0 heterocycles. The van der Waals surface area contributed by atoms with E-state index in [1.807, 2.05) is 30.3 Å². The number of carbonyl (C=O) groups is 2.